The zero-order valence-corrected chi connectivity index (χ0v) is 15.9. The molecule has 0 atom stereocenters. The number of ether oxygens (including phenoxy) is 1. The number of hydrogen-bond donors (Lipinski definition) is 2. The molecule has 0 aliphatic heterocycles. The van der Waals surface area contributed by atoms with Gasteiger partial charge >= 0.3 is 0 Å². The molecule has 0 heterocycles. The van der Waals surface area contributed by atoms with E-state index in [0.29, 0.717) is 29.1 Å². The molecule has 6 heteroatoms. The number of aryl methyl sites for hydroxylation is 1. The second-order valence-electron chi connectivity index (χ2n) is 6.43. The van der Waals surface area contributed by atoms with E-state index in [1.807, 2.05) is 0 Å². The summed E-state index contributed by atoms with van der Waals surface area (Å²) in [5.74, 6) is 0.0194. The Hall–Kier alpha value is -3.67. The van der Waals surface area contributed by atoms with Gasteiger partial charge in [0.2, 0.25) is 5.91 Å². The highest BCUT2D eigenvalue weighted by Gasteiger charge is 2.08. The largest absolute Gasteiger partial charge is 0.497 e. The van der Waals surface area contributed by atoms with Crippen molar-refractivity contribution >= 4 is 23.2 Å². The van der Waals surface area contributed by atoms with Gasteiger partial charge < -0.3 is 15.4 Å². The molecule has 0 saturated carbocycles. The molecule has 3 rings (SSSR count). The minimum atomic E-state index is -0.297. The van der Waals surface area contributed by atoms with Crippen LogP contribution in [0.2, 0.25) is 0 Å². The predicted octanol–water partition coefficient (Wildman–Crippen LogP) is 4.66. The van der Waals surface area contributed by atoms with Crippen molar-refractivity contribution in [2.24, 2.45) is 0 Å². The molecule has 5 nitrogen and oxygen atoms in total. The van der Waals surface area contributed by atoms with E-state index in [9.17, 15) is 14.0 Å². The summed E-state index contributed by atoms with van der Waals surface area (Å²) < 4.78 is 18.0. The number of hydrogen-bond acceptors (Lipinski definition) is 3. The van der Waals surface area contributed by atoms with Crippen molar-refractivity contribution in [2.75, 3.05) is 17.7 Å². The fourth-order valence-electron chi connectivity index (χ4n) is 2.71. The molecule has 3 aromatic carbocycles. The van der Waals surface area contributed by atoms with Crippen molar-refractivity contribution in [2.45, 2.75) is 12.8 Å². The summed E-state index contributed by atoms with van der Waals surface area (Å²) in [6.45, 7) is 0. The molecule has 148 valence electrons. The topological polar surface area (TPSA) is 67.4 Å². The summed E-state index contributed by atoms with van der Waals surface area (Å²) in [6, 6.07) is 19.8. The van der Waals surface area contributed by atoms with Crippen LogP contribution in [-0.2, 0) is 11.2 Å². The first-order valence-electron chi connectivity index (χ1n) is 9.13. The number of halogens is 1. The Morgan fingerprint density at radius 1 is 0.828 bits per heavy atom. The van der Waals surface area contributed by atoms with E-state index in [1.165, 1.54) is 12.1 Å². The number of nitrogens with one attached hydrogen (secondary N) is 2. The van der Waals surface area contributed by atoms with Crippen LogP contribution in [0.4, 0.5) is 15.8 Å². The molecule has 0 aliphatic rings. The van der Waals surface area contributed by atoms with Crippen LogP contribution >= 0.6 is 0 Å². The molecule has 0 radical (unpaired) electrons. The fraction of sp³-hybridized carbons (Fsp3) is 0.130. The molecule has 2 N–H and O–H groups in total. The molecule has 3 aromatic rings. The highest BCUT2D eigenvalue weighted by atomic mass is 19.1. The molecule has 0 bridgehead atoms. The smallest absolute Gasteiger partial charge is 0.255 e. The van der Waals surface area contributed by atoms with E-state index >= 15 is 0 Å². The summed E-state index contributed by atoms with van der Waals surface area (Å²) in [4.78, 5) is 24.4. The van der Waals surface area contributed by atoms with Gasteiger partial charge in [-0.3, -0.25) is 9.59 Å². The van der Waals surface area contributed by atoms with E-state index in [-0.39, 0.29) is 24.1 Å². The molecule has 0 spiro atoms. The predicted molar refractivity (Wildman–Crippen MR) is 111 cm³/mol. The van der Waals surface area contributed by atoms with Crippen LogP contribution in [0.3, 0.4) is 0 Å². The zero-order chi connectivity index (χ0) is 20.6. The van der Waals surface area contributed by atoms with Gasteiger partial charge in [-0.25, -0.2) is 4.39 Å². The maximum absolute atomic E-state index is 12.9. The Labute approximate surface area is 168 Å². The van der Waals surface area contributed by atoms with Crippen LogP contribution in [-0.4, -0.2) is 18.9 Å². The van der Waals surface area contributed by atoms with Crippen molar-refractivity contribution in [3.8, 4) is 5.75 Å². The van der Waals surface area contributed by atoms with E-state index in [1.54, 1.807) is 67.8 Å². The Balaban J connectivity index is 1.51. The molecular weight excluding hydrogens is 371 g/mol. The minimum absolute atomic E-state index is 0.148. The average Bonchev–Trinajstić information content (AvgIpc) is 2.74. The van der Waals surface area contributed by atoms with E-state index in [4.69, 9.17) is 4.74 Å². The summed E-state index contributed by atoms with van der Waals surface area (Å²) in [5, 5.41) is 5.60. The standard InChI is InChI=1S/C23H21FN2O3/c1-29-21-13-11-20(12-14-21)26-23(28)17-5-9-19(10-6-17)25-22(27)15-4-16-2-7-18(24)8-3-16/h2-3,5-14H,4,15H2,1H3,(H,25,27)(H,26,28). The number of amides is 2. The van der Waals surface area contributed by atoms with E-state index < -0.39 is 0 Å². The lowest BCUT2D eigenvalue weighted by Gasteiger charge is -2.08. The van der Waals surface area contributed by atoms with Gasteiger partial charge in [-0.1, -0.05) is 12.1 Å². The first-order valence-corrected chi connectivity index (χ1v) is 9.13. The van der Waals surface area contributed by atoms with Crippen molar-refractivity contribution in [1.29, 1.82) is 0 Å². The van der Waals surface area contributed by atoms with Crippen molar-refractivity contribution < 1.29 is 18.7 Å². The highest BCUT2D eigenvalue weighted by molar-refractivity contribution is 6.04. The molecule has 0 fully saturated rings. The lowest BCUT2D eigenvalue weighted by molar-refractivity contribution is -0.116. The lowest BCUT2D eigenvalue weighted by Crippen LogP contribution is -2.14. The Bertz CT molecular complexity index is 969. The van der Waals surface area contributed by atoms with Gasteiger partial charge in [0.15, 0.2) is 0 Å². The maximum atomic E-state index is 12.9. The second kappa shape index (κ2) is 9.50. The maximum Gasteiger partial charge on any atom is 0.255 e. The van der Waals surface area contributed by atoms with E-state index in [0.717, 1.165) is 5.56 Å². The molecule has 2 amide bonds. The first-order chi connectivity index (χ1) is 14.0. The van der Waals surface area contributed by atoms with Gasteiger partial charge in [-0.2, -0.15) is 0 Å². The minimum Gasteiger partial charge on any atom is -0.497 e. The van der Waals surface area contributed by atoms with Crippen molar-refractivity contribution in [3.63, 3.8) is 0 Å². The Kier molecular flexibility index (Phi) is 6.58. The van der Waals surface area contributed by atoms with Gasteiger partial charge in [0.1, 0.15) is 11.6 Å². The number of carbonyl (C=O) groups excluding carboxylic acids is 2. The van der Waals surface area contributed by atoms with Crippen LogP contribution in [0.1, 0.15) is 22.3 Å². The van der Waals surface area contributed by atoms with Crippen LogP contribution in [0.15, 0.2) is 72.8 Å². The summed E-state index contributed by atoms with van der Waals surface area (Å²) in [6.07, 6.45) is 0.805. The van der Waals surface area contributed by atoms with Crippen LogP contribution in [0, 0.1) is 5.82 Å². The van der Waals surface area contributed by atoms with Crippen LogP contribution in [0.25, 0.3) is 0 Å². The number of carbonyl (C=O) groups is 2. The average molecular weight is 392 g/mol. The van der Waals surface area contributed by atoms with E-state index in [2.05, 4.69) is 10.6 Å². The molecule has 0 aliphatic carbocycles. The summed E-state index contributed by atoms with van der Waals surface area (Å²) in [5.41, 5.74) is 2.64. The normalized spacial score (nSPS) is 10.3. The SMILES string of the molecule is COc1ccc(NC(=O)c2ccc(NC(=O)CCc3ccc(F)cc3)cc2)cc1. The first kappa shape index (κ1) is 20.1. The van der Waals surface area contributed by atoms with Gasteiger partial charge in [0.05, 0.1) is 7.11 Å². The molecule has 0 aromatic heterocycles. The quantitative estimate of drug-likeness (QED) is 0.615. The van der Waals surface area contributed by atoms with Gasteiger partial charge in [-0.05, 0) is 72.6 Å². The summed E-state index contributed by atoms with van der Waals surface area (Å²) >= 11 is 0. The monoisotopic (exact) mass is 392 g/mol. The zero-order valence-electron chi connectivity index (χ0n) is 15.9. The fourth-order valence-corrected chi connectivity index (χ4v) is 2.71. The number of rotatable bonds is 7. The Morgan fingerprint density at radius 2 is 1.41 bits per heavy atom. The highest BCUT2D eigenvalue weighted by Crippen LogP contribution is 2.17. The Morgan fingerprint density at radius 3 is 2.03 bits per heavy atom. The number of anilines is 2. The molecule has 29 heavy (non-hydrogen) atoms. The third-order valence-electron chi connectivity index (χ3n) is 4.33. The number of methoxy groups -OCH3 is 1. The van der Waals surface area contributed by atoms with Gasteiger partial charge in [0, 0.05) is 23.4 Å². The third kappa shape index (κ3) is 5.90. The molecular formula is C23H21FN2O3. The van der Waals surface area contributed by atoms with Crippen LogP contribution in [0.5, 0.6) is 5.75 Å². The molecule has 0 unspecified atom stereocenters. The van der Waals surface area contributed by atoms with Gasteiger partial charge in [0.25, 0.3) is 5.91 Å². The van der Waals surface area contributed by atoms with Crippen molar-refractivity contribution in [3.05, 3.63) is 89.7 Å². The van der Waals surface area contributed by atoms with Crippen LogP contribution < -0.4 is 15.4 Å². The van der Waals surface area contributed by atoms with Gasteiger partial charge in [-0.15, -0.1) is 0 Å². The van der Waals surface area contributed by atoms with Crippen molar-refractivity contribution in [1.82, 2.24) is 0 Å². The summed E-state index contributed by atoms with van der Waals surface area (Å²) in [7, 11) is 1.58. The number of benzene rings is 3. The molecule has 0 saturated heterocycles. The third-order valence-corrected chi connectivity index (χ3v) is 4.33. The lowest BCUT2D eigenvalue weighted by atomic mass is 10.1. The second-order valence-corrected chi connectivity index (χ2v) is 6.43.